The number of benzene rings is 2. The smallest absolute Gasteiger partial charge is 0.246 e. The average molecular weight is 671 g/mol. The highest BCUT2D eigenvalue weighted by Gasteiger charge is 2.42. The maximum Gasteiger partial charge on any atom is 0.246 e. The molecule has 11 nitrogen and oxygen atoms in total. The Kier molecular flexibility index (Phi) is 10.8. The summed E-state index contributed by atoms with van der Waals surface area (Å²) in [5.41, 5.74) is 0.0869. The van der Waals surface area contributed by atoms with Crippen LogP contribution >= 0.6 is 11.6 Å². The summed E-state index contributed by atoms with van der Waals surface area (Å²) in [6.07, 6.45) is 3.21. The molecule has 250 valence electrons. The Balaban J connectivity index is 1.59. The van der Waals surface area contributed by atoms with Crippen LogP contribution in [0.1, 0.15) is 46.1 Å². The number of Topliss-reactive ketones (excluding diaryl/α,β-unsaturated/α-hetero) is 1. The van der Waals surface area contributed by atoms with Crippen molar-refractivity contribution in [2.45, 2.75) is 65.1 Å². The Morgan fingerprint density at radius 2 is 1.89 bits per heavy atom. The van der Waals surface area contributed by atoms with Gasteiger partial charge >= 0.3 is 0 Å². The van der Waals surface area contributed by atoms with Crippen LogP contribution in [0.2, 0.25) is 5.02 Å². The predicted molar refractivity (Wildman–Crippen MR) is 173 cm³/mol. The monoisotopic (exact) mass is 670 g/mol. The predicted octanol–water partition coefficient (Wildman–Crippen LogP) is 4.64. The van der Waals surface area contributed by atoms with Gasteiger partial charge in [0.1, 0.15) is 40.8 Å². The van der Waals surface area contributed by atoms with Crippen molar-refractivity contribution < 1.29 is 32.7 Å². The molecule has 0 radical (unpaired) electrons. The number of likely N-dealkylation sites (tertiary alicyclic amines) is 1. The van der Waals surface area contributed by atoms with Gasteiger partial charge in [-0.05, 0) is 49.5 Å². The summed E-state index contributed by atoms with van der Waals surface area (Å²) >= 11 is 5.75. The van der Waals surface area contributed by atoms with Crippen molar-refractivity contribution in [3.63, 3.8) is 0 Å². The van der Waals surface area contributed by atoms with Gasteiger partial charge in [-0.15, -0.1) is 0 Å². The number of carbonyl (C=O) groups excluding carboxylic acids is 4. The van der Waals surface area contributed by atoms with Crippen molar-refractivity contribution in [2.24, 2.45) is 5.41 Å². The number of amides is 3. The Morgan fingerprint density at radius 1 is 1.17 bits per heavy atom. The summed E-state index contributed by atoms with van der Waals surface area (Å²) < 4.78 is 34.0. The fourth-order valence-corrected chi connectivity index (χ4v) is 5.56. The molecule has 2 aromatic carbocycles. The maximum absolute atomic E-state index is 14.7. The van der Waals surface area contributed by atoms with Gasteiger partial charge < -0.3 is 25.6 Å². The second-order valence-corrected chi connectivity index (χ2v) is 12.7. The van der Waals surface area contributed by atoms with Gasteiger partial charge in [0.2, 0.25) is 17.7 Å². The number of ether oxygens (including phenoxy) is 1. The first-order valence-corrected chi connectivity index (χ1v) is 15.3. The van der Waals surface area contributed by atoms with Gasteiger partial charge in [-0.3, -0.25) is 19.2 Å². The fourth-order valence-electron chi connectivity index (χ4n) is 5.40. The van der Waals surface area contributed by atoms with E-state index in [0.717, 1.165) is 12.1 Å². The zero-order chi connectivity index (χ0) is 34.6. The van der Waals surface area contributed by atoms with Gasteiger partial charge in [0, 0.05) is 30.0 Å². The van der Waals surface area contributed by atoms with Crippen molar-refractivity contribution in [2.75, 3.05) is 19.0 Å². The summed E-state index contributed by atoms with van der Waals surface area (Å²) in [5.74, 6) is -3.07. The molecule has 3 N–H and O–H groups in total. The highest BCUT2D eigenvalue weighted by molar-refractivity contribution is 6.31. The molecular weight excluding hydrogens is 634 g/mol. The first-order valence-electron chi connectivity index (χ1n) is 14.9. The van der Waals surface area contributed by atoms with Crippen LogP contribution in [0.3, 0.4) is 0 Å². The number of hydrogen-bond acceptors (Lipinski definition) is 8. The molecule has 2 heterocycles. The number of nitrogens with zero attached hydrogens (tertiary/aromatic N) is 3. The summed E-state index contributed by atoms with van der Waals surface area (Å²) in [6, 6.07) is 2.82. The molecule has 1 saturated heterocycles. The molecule has 1 aliphatic heterocycles. The third-order valence-electron chi connectivity index (χ3n) is 7.94. The zero-order valence-corrected chi connectivity index (χ0v) is 27.5. The van der Waals surface area contributed by atoms with E-state index in [-0.39, 0.29) is 23.7 Å². The summed E-state index contributed by atoms with van der Waals surface area (Å²) in [4.78, 5) is 62.4. The highest BCUT2D eigenvalue weighted by atomic mass is 35.5. The first-order chi connectivity index (χ1) is 22.2. The van der Waals surface area contributed by atoms with Crippen LogP contribution in [0.15, 0.2) is 43.2 Å². The van der Waals surface area contributed by atoms with Gasteiger partial charge in [-0.1, -0.05) is 39.0 Å². The Hall–Kier alpha value is -4.65. The third kappa shape index (κ3) is 7.84. The van der Waals surface area contributed by atoms with Crippen molar-refractivity contribution in [1.82, 2.24) is 25.5 Å². The van der Waals surface area contributed by atoms with Gasteiger partial charge in [0.05, 0.1) is 24.4 Å². The van der Waals surface area contributed by atoms with E-state index in [0.29, 0.717) is 41.6 Å². The fraction of sp³-hybridized carbons (Fsp3) is 0.394. The molecular formula is C33H37ClF2N6O5. The Morgan fingerprint density at radius 3 is 2.55 bits per heavy atom. The number of nitrogens with one attached hydrogen (secondary N) is 3. The van der Waals surface area contributed by atoms with Crippen LogP contribution in [0.5, 0.6) is 5.75 Å². The maximum atomic E-state index is 14.7. The standard InChI is InChI=1S/C33H37ClF2N6O5/c1-7-26(44)39-17(2)31(45)41-29(33(3,4)5)32(46)42-12-8-9-23(42)24(43)14-18-13-19-22(15-25(18)47-6)37-16-38-30(19)40-21-11-10-20(35)27(34)28(21)36/h7,10-11,13,15-17,23,29H,1,8-9,12,14H2,2-6H3,(H,39,44)(H,41,45)(H,37,38,40)/t17-,23-,29+/m0/s1. The highest BCUT2D eigenvalue weighted by Crippen LogP contribution is 2.34. The van der Waals surface area contributed by atoms with E-state index < -0.39 is 57.9 Å². The number of methoxy groups -OCH3 is 1. The Bertz CT molecular complexity index is 1730. The summed E-state index contributed by atoms with van der Waals surface area (Å²) in [6.45, 7) is 10.6. The number of rotatable bonds is 11. The van der Waals surface area contributed by atoms with Crippen molar-refractivity contribution in [1.29, 1.82) is 0 Å². The lowest BCUT2D eigenvalue weighted by atomic mass is 9.85. The van der Waals surface area contributed by atoms with Crippen molar-refractivity contribution >= 4 is 57.5 Å². The molecule has 47 heavy (non-hydrogen) atoms. The van der Waals surface area contributed by atoms with E-state index in [1.165, 1.54) is 31.3 Å². The molecule has 0 spiro atoms. The number of hydrogen-bond donors (Lipinski definition) is 3. The number of carbonyl (C=O) groups is 4. The van der Waals surface area contributed by atoms with Crippen LogP contribution in [-0.2, 0) is 25.6 Å². The molecule has 1 aliphatic rings. The largest absolute Gasteiger partial charge is 0.496 e. The van der Waals surface area contributed by atoms with E-state index in [2.05, 4.69) is 32.5 Å². The molecule has 1 fully saturated rings. The van der Waals surface area contributed by atoms with Gasteiger partial charge in [-0.2, -0.15) is 0 Å². The average Bonchev–Trinajstić information content (AvgIpc) is 3.53. The van der Waals surface area contributed by atoms with Crippen molar-refractivity contribution in [3.8, 4) is 5.75 Å². The molecule has 3 aromatic rings. The van der Waals surface area contributed by atoms with E-state index in [1.54, 1.807) is 32.9 Å². The lowest BCUT2D eigenvalue weighted by Gasteiger charge is -2.36. The van der Waals surface area contributed by atoms with Crippen LogP contribution < -0.4 is 20.7 Å². The van der Waals surface area contributed by atoms with Crippen LogP contribution in [-0.4, -0.2) is 70.2 Å². The SMILES string of the molecule is C=CC(=O)N[C@@H](C)C(=O)N[C@H](C(=O)N1CCC[C@H]1C(=O)Cc1cc2c(Nc3ccc(F)c(Cl)c3F)ncnc2cc1OC)C(C)(C)C. The third-order valence-corrected chi connectivity index (χ3v) is 8.28. The topological polar surface area (TPSA) is 143 Å². The van der Waals surface area contributed by atoms with Gasteiger partial charge in [0.15, 0.2) is 11.6 Å². The molecule has 4 rings (SSSR count). The molecule has 3 atom stereocenters. The molecule has 0 unspecified atom stereocenters. The van der Waals surface area contributed by atoms with E-state index in [9.17, 15) is 28.0 Å². The molecule has 0 saturated carbocycles. The minimum atomic E-state index is -0.992. The minimum Gasteiger partial charge on any atom is -0.496 e. The number of anilines is 2. The lowest BCUT2D eigenvalue weighted by Crippen LogP contribution is -2.59. The molecule has 0 bridgehead atoms. The second kappa shape index (κ2) is 14.4. The molecule has 1 aromatic heterocycles. The van der Waals surface area contributed by atoms with Gasteiger partial charge in [0.25, 0.3) is 0 Å². The lowest BCUT2D eigenvalue weighted by molar-refractivity contribution is -0.143. The second-order valence-electron chi connectivity index (χ2n) is 12.3. The van der Waals surface area contributed by atoms with Crippen LogP contribution in [0.4, 0.5) is 20.3 Å². The molecule has 14 heteroatoms. The minimum absolute atomic E-state index is 0.108. The van der Waals surface area contributed by atoms with E-state index >= 15 is 0 Å². The van der Waals surface area contributed by atoms with E-state index in [4.69, 9.17) is 16.3 Å². The van der Waals surface area contributed by atoms with Gasteiger partial charge in [-0.25, -0.2) is 18.7 Å². The quantitative estimate of drug-likeness (QED) is 0.198. The number of fused-ring (bicyclic) bond motifs is 1. The number of aromatic nitrogens is 2. The molecule has 0 aliphatic carbocycles. The summed E-state index contributed by atoms with van der Waals surface area (Å²) in [5, 5.41) is 7.83. The van der Waals surface area contributed by atoms with Crippen molar-refractivity contribution in [3.05, 3.63) is 65.5 Å². The number of halogens is 3. The number of ketones is 1. The normalized spacial score (nSPS) is 15.9. The van der Waals surface area contributed by atoms with E-state index in [1.807, 2.05) is 0 Å². The first kappa shape index (κ1) is 35.2. The summed E-state index contributed by atoms with van der Waals surface area (Å²) in [7, 11) is 1.45. The van der Waals surface area contributed by atoms with Crippen LogP contribution in [0, 0.1) is 17.0 Å². The molecule has 3 amide bonds. The Labute approximate surface area is 276 Å². The zero-order valence-electron chi connectivity index (χ0n) is 26.7. The van der Waals surface area contributed by atoms with Crippen LogP contribution in [0.25, 0.3) is 10.9 Å².